The lowest BCUT2D eigenvalue weighted by atomic mass is 9.74. The van der Waals surface area contributed by atoms with Gasteiger partial charge < -0.3 is 15.3 Å². The van der Waals surface area contributed by atoms with Gasteiger partial charge in [-0.25, -0.2) is 4.79 Å². The number of carboxylic acid groups (broad SMARTS) is 1. The van der Waals surface area contributed by atoms with Gasteiger partial charge in [-0.05, 0) is 39.5 Å². The molecule has 7 heteroatoms. The number of hydrogen-bond acceptors (Lipinski definition) is 3. The summed E-state index contributed by atoms with van der Waals surface area (Å²) in [5.41, 5.74) is -0.836. The monoisotopic (exact) mass is 318 g/mol. The Hall–Kier alpha value is -1.11. The third-order valence-corrected chi connectivity index (χ3v) is 5.69. The van der Waals surface area contributed by atoms with E-state index in [-0.39, 0.29) is 17.2 Å². The zero-order valence-corrected chi connectivity index (χ0v) is 14.0. The van der Waals surface area contributed by atoms with Gasteiger partial charge in [-0.15, -0.1) is 0 Å². The minimum atomic E-state index is -0.970. The van der Waals surface area contributed by atoms with E-state index < -0.39 is 22.2 Å². The maximum absolute atomic E-state index is 12.1. The molecule has 1 saturated heterocycles. The van der Waals surface area contributed by atoms with Gasteiger partial charge >= 0.3 is 12.0 Å². The second kappa shape index (κ2) is 7.24. The first-order valence-electron chi connectivity index (χ1n) is 7.24. The van der Waals surface area contributed by atoms with Crippen molar-refractivity contribution in [2.75, 3.05) is 25.9 Å². The van der Waals surface area contributed by atoms with E-state index in [4.69, 9.17) is 0 Å². The molecule has 1 fully saturated rings. The fourth-order valence-corrected chi connectivity index (χ4v) is 2.70. The zero-order valence-electron chi connectivity index (χ0n) is 13.2. The summed E-state index contributed by atoms with van der Waals surface area (Å²) in [5.74, 6) is -0.878. The van der Waals surface area contributed by atoms with E-state index in [2.05, 4.69) is 5.32 Å². The number of urea groups is 1. The number of aliphatic carboxylic acids is 1. The first kappa shape index (κ1) is 17.9. The number of carbonyl (C=O) groups is 2. The maximum Gasteiger partial charge on any atom is 0.317 e. The van der Waals surface area contributed by atoms with Gasteiger partial charge in [-0.3, -0.25) is 9.00 Å². The predicted octanol–water partition coefficient (Wildman–Crippen LogP) is 1.29. The largest absolute Gasteiger partial charge is 0.481 e. The minimum absolute atomic E-state index is 0.0489. The summed E-state index contributed by atoms with van der Waals surface area (Å²) in [4.78, 5) is 25.1. The quantitative estimate of drug-likeness (QED) is 0.799. The molecule has 122 valence electrons. The molecule has 1 aliphatic heterocycles. The van der Waals surface area contributed by atoms with Crippen molar-refractivity contribution >= 4 is 22.8 Å². The molecule has 2 amide bonds. The summed E-state index contributed by atoms with van der Waals surface area (Å²) in [7, 11) is -0.970. The number of amides is 2. The number of rotatable bonds is 5. The Morgan fingerprint density at radius 3 is 2.62 bits per heavy atom. The maximum atomic E-state index is 12.1. The molecule has 3 unspecified atom stereocenters. The van der Waals surface area contributed by atoms with Crippen molar-refractivity contribution < 1.29 is 18.9 Å². The van der Waals surface area contributed by atoms with E-state index in [0.717, 1.165) is 12.8 Å². The van der Waals surface area contributed by atoms with Crippen LogP contribution in [0, 0.1) is 11.3 Å². The van der Waals surface area contributed by atoms with Gasteiger partial charge in [0.2, 0.25) is 0 Å². The first-order valence-corrected chi connectivity index (χ1v) is 8.86. The van der Waals surface area contributed by atoms with Crippen LogP contribution in [0.2, 0.25) is 0 Å². The Labute approximate surface area is 128 Å². The highest BCUT2D eigenvalue weighted by Crippen LogP contribution is 2.34. The van der Waals surface area contributed by atoms with E-state index in [1.807, 2.05) is 6.92 Å². The fourth-order valence-electron chi connectivity index (χ4n) is 2.39. The zero-order chi connectivity index (χ0) is 16.2. The summed E-state index contributed by atoms with van der Waals surface area (Å²) in [6, 6.07) is -0.196. The number of nitrogens with one attached hydrogen (secondary N) is 1. The molecule has 3 atom stereocenters. The van der Waals surface area contributed by atoms with Crippen LogP contribution >= 0.6 is 0 Å². The molecule has 0 aromatic rings. The van der Waals surface area contributed by atoms with Crippen LogP contribution in [-0.2, 0) is 15.6 Å². The number of carboxylic acids is 1. The van der Waals surface area contributed by atoms with Crippen LogP contribution in [0.1, 0.15) is 33.6 Å². The van der Waals surface area contributed by atoms with Crippen LogP contribution in [0.15, 0.2) is 0 Å². The van der Waals surface area contributed by atoms with Crippen LogP contribution < -0.4 is 5.32 Å². The van der Waals surface area contributed by atoms with E-state index in [9.17, 15) is 18.9 Å². The molecule has 0 saturated carbocycles. The SMILES string of the molecule is CC(CNC(=O)N1CCCC(C(C)(C)C(=O)O)C1)S(C)=O. The normalized spacial score (nSPS) is 22.5. The van der Waals surface area contributed by atoms with E-state index in [1.165, 1.54) is 0 Å². The fraction of sp³-hybridized carbons (Fsp3) is 0.857. The van der Waals surface area contributed by atoms with Gasteiger partial charge in [-0.2, -0.15) is 0 Å². The minimum Gasteiger partial charge on any atom is -0.481 e. The molecular weight excluding hydrogens is 292 g/mol. The van der Waals surface area contributed by atoms with Crippen LogP contribution in [0.3, 0.4) is 0 Å². The van der Waals surface area contributed by atoms with Crippen molar-refractivity contribution in [2.24, 2.45) is 11.3 Å². The number of hydrogen-bond donors (Lipinski definition) is 2. The highest BCUT2D eigenvalue weighted by molar-refractivity contribution is 7.84. The van der Waals surface area contributed by atoms with Gasteiger partial charge in [0.15, 0.2) is 0 Å². The summed E-state index contributed by atoms with van der Waals surface area (Å²) < 4.78 is 11.3. The van der Waals surface area contributed by atoms with Gasteiger partial charge in [0.05, 0.1) is 5.41 Å². The van der Waals surface area contributed by atoms with Gasteiger partial charge in [0.1, 0.15) is 0 Å². The Balaban J connectivity index is 2.58. The van der Waals surface area contributed by atoms with Crippen LogP contribution in [0.4, 0.5) is 4.79 Å². The molecule has 2 N–H and O–H groups in total. The topological polar surface area (TPSA) is 86.7 Å². The molecule has 6 nitrogen and oxygen atoms in total. The molecule has 0 aromatic carbocycles. The smallest absolute Gasteiger partial charge is 0.317 e. The van der Waals surface area contributed by atoms with Crippen molar-refractivity contribution in [1.29, 1.82) is 0 Å². The highest BCUT2D eigenvalue weighted by atomic mass is 32.2. The molecule has 1 aliphatic rings. The second-order valence-electron chi connectivity index (χ2n) is 6.31. The van der Waals surface area contributed by atoms with Gasteiger partial charge in [0, 0.05) is 41.9 Å². The molecule has 1 heterocycles. The third-order valence-electron chi connectivity index (χ3n) is 4.39. The van der Waals surface area contributed by atoms with Gasteiger partial charge in [-0.1, -0.05) is 0 Å². The standard InChI is InChI=1S/C14H26N2O4S/c1-10(21(4)20)8-15-13(19)16-7-5-6-11(9-16)14(2,3)12(17)18/h10-11H,5-9H2,1-4H3,(H,15,19)(H,17,18). The molecule has 0 aliphatic carbocycles. The van der Waals surface area contributed by atoms with E-state index in [0.29, 0.717) is 19.6 Å². The molecular formula is C14H26N2O4S. The van der Waals surface area contributed by atoms with E-state index in [1.54, 1.807) is 25.0 Å². The molecule has 0 spiro atoms. The number of likely N-dealkylation sites (tertiary alicyclic amines) is 1. The summed E-state index contributed by atoms with van der Waals surface area (Å²) in [6.07, 6.45) is 3.24. The molecule has 0 bridgehead atoms. The number of piperidine rings is 1. The van der Waals surface area contributed by atoms with Crippen molar-refractivity contribution in [3.63, 3.8) is 0 Å². The highest BCUT2D eigenvalue weighted by Gasteiger charge is 2.40. The predicted molar refractivity (Wildman–Crippen MR) is 82.6 cm³/mol. The lowest BCUT2D eigenvalue weighted by molar-refractivity contribution is -0.151. The second-order valence-corrected chi connectivity index (χ2v) is 8.11. The van der Waals surface area contributed by atoms with E-state index >= 15 is 0 Å². The average Bonchev–Trinajstić information content (AvgIpc) is 2.44. The number of nitrogens with zero attached hydrogens (tertiary/aromatic N) is 1. The molecule has 0 radical (unpaired) electrons. The van der Waals surface area contributed by atoms with Gasteiger partial charge in [0.25, 0.3) is 0 Å². The summed E-state index contributed by atoms with van der Waals surface area (Å²) in [6.45, 7) is 6.71. The van der Waals surface area contributed by atoms with Crippen molar-refractivity contribution in [3.05, 3.63) is 0 Å². The first-order chi connectivity index (χ1) is 9.66. The van der Waals surface area contributed by atoms with Crippen LogP contribution in [0.25, 0.3) is 0 Å². The third kappa shape index (κ3) is 4.69. The summed E-state index contributed by atoms with van der Waals surface area (Å²) >= 11 is 0. The molecule has 21 heavy (non-hydrogen) atoms. The number of carbonyl (C=O) groups excluding carboxylic acids is 1. The average molecular weight is 318 g/mol. The van der Waals surface area contributed by atoms with Crippen LogP contribution in [0.5, 0.6) is 0 Å². The van der Waals surface area contributed by atoms with Crippen molar-refractivity contribution in [1.82, 2.24) is 10.2 Å². The lowest BCUT2D eigenvalue weighted by Gasteiger charge is -2.39. The Morgan fingerprint density at radius 1 is 1.48 bits per heavy atom. The Kier molecular flexibility index (Phi) is 6.19. The van der Waals surface area contributed by atoms with Crippen molar-refractivity contribution in [2.45, 2.75) is 38.9 Å². The Morgan fingerprint density at radius 2 is 2.10 bits per heavy atom. The summed E-state index contributed by atoms with van der Waals surface area (Å²) in [5, 5.41) is 12.0. The molecule has 1 rings (SSSR count). The van der Waals surface area contributed by atoms with Crippen molar-refractivity contribution in [3.8, 4) is 0 Å². The van der Waals surface area contributed by atoms with Crippen LogP contribution in [-0.4, -0.2) is 57.4 Å². The Bertz CT molecular complexity index is 425. The molecule has 0 aromatic heterocycles. The lowest BCUT2D eigenvalue weighted by Crippen LogP contribution is -2.50.